The minimum Gasteiger partial charge on any atom is -0.311 e. The second-order valence-electron chi connectivity index (χ2n) is 4.79. The molecule has 0 spiro atoms. The maximum Gasteiger partial charge on any atom is 0.330 e. The van der Waals surface area contributed by atoms with Crippen LogP contribution in [0.15, 0.2) is 46.0 Å². The highest BCUT2D eigenvalue weighted by Gasteiger charge is 2.05. The molecule has 0 unspecified atom stereocenters. The van der Waals surface area contributed by atoms with Crippen molar-refractivity contribution in [1.29, 1.82) is 0 Å². The minimum absolute atomic E-state index is 0.270. The highest BCUT2D eigenvalue weighted by Crippen LogP contribution is 1.98. The van der Waals surface area contributed by atoms with Crippen LogP contribution in [-0.2, 0) is 27.1 Å². The average molecular weight is 273 g/mol. The van der Waals surface area contributed by atoms with Crippen molar-refractivity contribution in [3.8, 4) is 0 Å². The molecule has 106 valence electrons. The standard InChI is InChI=1S/C15H19N3O2/c1-17-13(10-14(19)18(2)15(17)20)11-16-9-8-12-6-4-3-5-7-12/h3-7,10,16H,8-9,11H2,1-2H3. The largest absolute Gasteiger partial charge is 0.330 e. The molecule has 20 heavy (non-hydrogen) atoms. The molecule has 1 N–H and O–H groups in total. The third kappa shape index (κ3) is 3.24. The number of nitrogens with one attached hydrogen (secondary N) is 1. The fraction of sp³-hybridized carbons (Fsp3) is 0.333. The summed E-state index contributed by atoms with van der Waals surface area (Å²) in [7, 11) is 3.16. The summed E-state index contributed by atoms with van der Waals surface area (Å²) >= 11 is 0. The molecule has 2 rings (SSSR count). The Morgan fingerprint density at radius 3 is 2.45 bits per heavy atom. The number of aromatic nitrogens is 2. The lowest BCUT2D eigenvalue weighted by Gasteiger charge is -2.10. The number of benzene rings is 1. The number of nitrogens with zero attached hydrogens (tertiary/aromatic N) is 2. The van der Waals surface area contributed by atoms with Crippen molar-refractivity contribution in [3.05, 3.63) is 68.5 Å². The highest BCUT2D eigenvalue weighted by atomic mass is 16.2. The molecule has 0 saturated carbocycles. The summed E-state index contributed by atoms with van der Waals surface area (Å²) in [5.74, 6) is 0. The van der Waals surface area contributed by atoms with Crippen LogP contribution in [0, 0.1) is 0 Å². The summed E-state index contributed by atoms with van der Waals surface area (Å²) in [6, 6.07) is 11.7. The number of hydrogen-bond acceptors (Lipinski definition) is 3. The zero-order valence-electron chi connectivity index (χ0n) is 11.8. The smallest absolute Gasteiger partial charge is 0.311 e. The van der Waals surface area contributed by atoms with Crippen molar-refractivity contribution in [1.82, 2.24) is 14.5 Å². The molecule has 0 amide bonds. The van der Waals surface area contributed by atoms with Crippen LogP contribution in [0.2, 0.25) is 0 Å². The molecule has 1 aromatic carbocycles. The lowest BCUT2D eigenvalue weighted by molar-refractivity contribution is 0.601. The van der Waals surface area contributed by atoms with Gasteiger partial charge in [0.1, 0.15) is 0 Å². The molecule has 0 radical (unpaired) electrons. The van der Waals surface area contributed by atoms with Gasteiger partial charge in [-0.25, -0.2) is 4.79 Å². The van der Waals surface area contributed by atoms with Gasteiger partial charge in [-0.1, -0.05) is 30.3 Å². The zero-order valence-corrected chi connectivity index (χ0v) is 11.8. The molecular weight excluding hydrogens is 254 g/mol. The van der Waals surface area contributed by atoms with Crippen LogP contribution in [0.3, 0.4) is 0 Å². The molecule has 5 heteroatoms. The van der Waals surface area contributed by atoms with Crippen molar-refractivity contribution in [2.24, 2.45) is 14.1 Å². The van der Waals surface area contributed by atoms with E-state index in [1.807, 2.05) is 18.2 Å². The molecule has 0 aliphatic carbocycles. The Kier molecular flexibility index (Phi) is 4.53. The third-order valence-corrected chi connectivity index (χ3v) is 3.36. The Bertz CT molecular complexity index is 687. The molecule has 0 saturated heterocycles. The van der Waals surface area contributed by atoms with Crippen LogP contribution in [-0.4, -0.2) is 15.7 Å². The first kappa shape index (κ1) is 14.3. The van der Waals surface area contributed by atoms with Gasteiger partial charge >= 0.3 is 5.69 Å². The summed E-state index contributed by atoms with van der Waals surface area (Å²) in [5, 5.41) is 3.26. The van der Waals surface area contributed by atoms with E-state index in [9.17, 15) is 9.59 Å². The van der Waals surface area contributed by atoms with Crippen molar-refractivity contribution in [2.75, 3.05) is 6.54 Å². The number of hydrogen-bond donors (Lipinski definition) is 1. The van der Waals surface area contributed by atoms with E-state index < -0.39 is 0 Å². The number of rotatable bonds is 5. The predicted octanol–water partition coefficient (Wildman–Crippen LogP) is 0.416. The van der Waals surface area contributed by atoms with Crippen molar-refractivity contribution >= 4 is 0 Å². The highest BCUT2D eigenvalue weighted by molar-refractivity contribution is 5.14. The van der Waals surface area contributed by atoms with E-state index in [1.165, 1.54) is 23.2 Å². The summed E-state index contributed by atoms with van der Waals surface area (Å²) in [5.41, 5.74) is 1.40. The van der Waals surface area contributed by atoms with Crippen LogP contribution < -0.4 is 16.6 Å². The van der Waals surface area contributed by atoms with E-state index in [4.69, 9.17) is 0 Å². The Labute approximate surface area is 117 Å². The van der Waals surface area contributed by atoms with Gasteiger partial charge in [0.2, 0.25) is 0 Å². The third-order valence-electron chi connectivity index (χ3n) is 3.36. The predicted molar refractivity (Wildman–Crippen MR) is 78.8 cm³/mol. The maximum absolute atomic E-state index is 11.8. The molecule has 1 aromatic heterocycles. The van der Waals surface area contributed by atoms with E-state index in [0.717, 1.165) is 17.5 Å². The maximum atomic E-state index is 11.8. The van der Waals surface area contributed by atoms with Crippen LogP contribution >= 0.6 is 0 Å². The summed E-state index contributed by atoms with van der Waals surface area (Å²) in [6.07, 6.45) is 0.916. The fourth-order valence-corrected chi connectivity index (χ4v) is 2.04. The monoisotopic (exact) mass is 273 g/mol. The summed E-state index contributed by atoms with van der Waals surface area (Å²) in [6.45, 7) is 1.31. The molecule has 5 nitrogen and oxygen atoms in total. The van der Waals surface area contributed by atoms with Crippen molar-refractivity contribution < 1.29 is 0 Å². The Morgan fingerprint density at radius 2 is 1.75 bits per heavy atom. The molecule has 0 atom stereocenters. The van der Waals surface area contributed by atoms with Gasteiger partial charge in [-0.05, 0) is 18.5 Å². The van der Waals surface area contributed by atoms with Crippen LogP contribution in [0.1, 0.15) is 11.3 Å². The van der Waals surface area contributed by atoms with E-state index in [1.54, 1.807) is 7.05 Å². The van der Waals surface area contributed by atoms with E-state index >= 15 is 0 Å². The van der Waals surface area contributed by atoms with Crippen LogP contribution in [0.25, 0.3) is 0 Å². The van der Waals surface area contributed by atoms with Crippen molar-refractivity contribution in [2.45, 2.75) is 13.0 Å². The first-order valence-electron chi connectivity index (χ1n) is 6.60. The van der Waals surface area contributed by atoms with Gasteiger partial charge in [-0.15, -0.1) is 0 Å². The lowest BCUT2D eigenvalue weighted by Crippen LogP contribution is -2.39. The lowest BCUT2D eigenvalue weighted by atomic mass is 10.1. The van der Waals surface area contributed by atoms with E-state index in [0.29, 0.717) is 12.2 Å². The second kappa shape index (κ2) is 6.34. The Balaban J connectivity index is 1.95. The van der Waals surface area contributed by atoms with Gasteiger partial charge in [-0.2, -0.15) is 0 Å². The zero-order chi connectivity index (χ0) is 14.5. The second-order valence-corrected chi connectivity index (χ2v) is 4.79. The average Bonchev–Trinajstić information content (AvgIpc) is 2.47. The molecule has 1 heterocycles. The molecule has 0 aliphatic rings. The summed E-state index contributed by atoms with van der Waals surface area (Å²) < 4.78 is 2.60. The van der Waals surface area contributed by atoms with Gasteiger partial charge in [0.05, 0.1) is 0 Å². The molecule has 0 fully saturated rings. The van der Waals surface area contributed by atoms with Gasteiger partial charge < -0.3 is 5.32 Å². The molecule has 2 aromatic rings. The normalized spacial score (nSPS) is 10.7. The van der Waals surface area contributed by atoms with Gasteiger partial charge in [-0.3, -0.25) is 13.9 Å². The Hall–Kier alpha value is -2.14. The molecule has 0 aliphatic heterocycles. The minimum atomic E-state index is -0.294. The fourth-order valence-electron chi connectivity index (χ4n) is 2.04. The topological polar surface area (TPSA) is 56.0 Å². The van der Waals surface area contributed by atoms with E-state index in [2.05, 4.69) is 17.4 Å². The van der Waals surface area contributed by atoms with E-state index in [-0.39, 0.29) is 11.2 Å². The first-order valence-corrected chi connectivity index (χ1v) is 6.60. The van der Waals surface area contributed by atoms with Crippen LogP contribution in [0.5, 0.6) is 0 Å². The molecular formula is C15H19N3O2. The quantitative estimate of drug-likeness (QED) is 0.803. The molecule has 0 bridgehead atoms. The van der Waals surface area contributed by atoms with Crippen LogP contribution in [0.4, 0.5) is 0 Å². The Morgan fingerprint density at radius 1 is 1.05 bits per heavy atom. The SMILES string of the molecule is Cn1c(CNCCc2ccccc2)cc(=O)n(C)c1=O. The van der Waals surface area contributed by atoms with Gasteiger partial charge in [0, 0.05) is 32.4 Å². The van der Waals surface area contributed by atoms with Crippen molar-refractivity contribution in [3.63, 3.8) is 0 Å². The van der Waals surface area contributed by atoms with Gasteiger partial charge in [0.25, 0.3) is 5.56 Å². The summed E-state index contributed by atoms with van der Waals surface area (Å²) in [4.78, 5) is 23.4. The van der Waals surface area contributed by atoms with Gasteiger partial charge in [0.15, 0.2) is 0 Å². The first-order chi connectivity index (χ1) is 9.59.